The summed E-state index contributed by atoms with van der Waals surface area (Å²) in [5.74, 6) is -0.497. The van der Waals surface area contributed by atoms with Crippen LogP contribution in [0.15, 0.2) is 48.5 Å². The van der Waals surface area contributed by atoms with Crippen molar-refractivity contribution in [3.63, 3.8) is 0 Å². The van der Waals surface area contributed by atoms with Gasteiger partial charge >= 0.3 is 0 Å². The highest BCUT2D eigenvalue weighted by atomic mass is 19.1. The van der Waals surface area contributed by atoms with Gasteiger partial charge in [-0.15, -0.1) is 0 Å². The van der Waals surface area contributed by atoms with Crippen LogP contribution in [0.2, 0.25) is 0 Å². The summed E-state index contributed by atoms with van der Waals surface area (Å²) < 4.78 is 17.8. The minimum atomic E-state index is -0.455. The van der Waals surface area contributed by atoms with Crippen LogP contribution in [-0.4, -0.2) is 18.9 Å². The number of carbonyl (C=O) groups excluding carboxylic acids is 2. The molecule has 0 atom stereocenters. The molecule has 0 heterocycles. The van der Waals surface area contributed by atoms with Crippen LogP contribution in [-0.2, 0) is 16.1 Å². The van der Waals surface area contributed by atoms with Crippen LogP contribution >= 0.6 is 0 Å². The minimum absolute atomic E-state index is 0.298. The van der Waals surface area contributed by atoms with Gasteiger partial charge in [-0.05, 0) is 42.0 Å². The molecule has 2 amide bonds. The number of methoxy groups -OCH3 is 1. The lowest BCUT2D eigenvalue weighted by Crippen LogP contribution is -2.27. The van der Waals surface area contributed by atoms with E-state index in [2.05, 4.69) is 10.6 Å². The van der Waals surface area contributed by atoms with Crippen LogP contribution in [0, 0.1) is 5.82 Å². The van der Waals surface area contributed by atoms with E-state index in [1.54, 1.807) is 19.2 Å². The molecule has 0 unspecified atom stereocenters. The molecule has 23 heavy (non-hydrogen) atoms. The summed E-state index contributed by atoms with van der Waals surface area (Å²) in [6.45, 7) is 0.326. The molecule has 0 aliphatic carbocycles. The van der Waals surface area contributed by atoms with Gasteiger partial charge in [-0.3, -0.25) is 9.59 Å². The summed E-state index contributed by atoms with van der Waals surface area (Å²) >= 11 is 0. The molecule has 2 rings (SSSR count). The van der Waals surface area contributed by atoms with Crippen molar-refractivity contribution in [2.24, 2.45) is 0 Å². The predicted molar refractivity (Wildman–Crippen MR) is 84.5 cm³/mol. The van der Waals surface area contributed by atoms with E-state index < -0.39 is 5.91 Å². The fraction of sp³-hybridized carbons (Fsp3) is 0.176. The van der Waals surface area contributed by atoms with E-state index in [4.69, 9.17) is 4.74 Å². The van der Waals surface area contributed by atoms with E-state index in [0.717, 1.165) is 11.3 Å². The molecule has 0 saturated heterocycles. The Morgan fingerprint density at radius 3 is 2.26 bits per heavy atom. The van der Waals surface area contributed by atoms with Gasteiger partial charge < -0.3 is 15.4 Å². The highest BCUT2D eigenvalue weighted by Gasteiger charge is 2.09. The number of anilines is 1. The molecule has 0 saturated carbocycles. The highest BCUT2D eigenvalue weighted by molar-refractivity contribution is 6.03. The zero-order valence-electron chi connectivity index (χ0n) is 12.6. The first-order valence-electron chi connectivity index (χ1n) is 7.02. The lowest BCUT2D eigenvalue weighted by molar-refractivity contribution is -0.126. The number of amides is 2. The number of rotatable bonds is 6. The van der Waals surface area contributed by atoms with Crippen LogP contribution < -0.4 is 15.4 Å². The second-order valence-corrected chi connectivity index (χ2v) is 4.86. The van der Waals surface area contributed by atoms with Gasteiger partial charge in [0.15, 0.2) is 0 Å². The summed E-state index contributed by atoms with van der Waals surface area (Å²) in [6, 6.07) is 12.6. The van der Waals surface area contributed by atoms with Gasteiger partial charge in [-0.2, -0.15) is 0 Å². The molecule has 2 aromatic rings. The first-order valence-corrected chi connectivity index (χ1v) is 7.02. The van der Waals surface area contributed by atoms with Crippen molar-refractivity contribution in [2.45, 2.75) is 13.0 Å². The van der Waals surface area contributed by atoms with Crippen LogP contribution in [0.4, 0.5) is 10.1 Å². The van der Waals surface area contributed by atoms with Crippen molar-refractivity contribution in [2.75, 3.05) is 12.4 Å². The molecule has 120 valence electrons. The maximum Gasteiger partial charge on any atom is 0.233 e. The van der Waals surface area contributed by atoms with Gasteiger partial charge in [0.25, 0.3) is 0 Å². The van der Waals surface area contributed by atoms with Crippen molar-refractivity contribution in [3.05, 3.63) is 59.9 Å². The topological polar surface area (TPSA) is 67.4 Å². The van der Waals surface area contributed by atoms with Gasteiger partial charge in [-0.25, -0.2) is 4.39 Å². The Hall–Kier alpha value is -2.89. The van der Waals surface area contributed by atoms with Crippen LogP contribution in [0.25, 0.3) is 0 Å². The molecule has 0 spiro atoms. The lowest BCUT2D eigenvalue weighted by Gasteiger charge is -2.07. The molecule has 5 nitrogen and oxygen atoms in total. The lowest BCUT2D eigenvalue weighted by atomic mass is 10.2. The van der Waals surface area contributed by atoms with Crippen LogP contribution in [0.1, 0.15) is 12.0 Å². The molecule has 2 N–H and O–H groups in total. The Labute approximate surface area is 133 Å². The van der Waals surface area contributed by atoms with E-state index in [-0.39, 0.29) is 18.1 Å². The summed E-state index contributed by atoms with van der Waals surface area (Å²) in [5.41, 5.74) is 1.34. The van der Waals surface area contributed by atoms with Gasteiger partial charge in [0.05, 0.1) is 7.11 Å². The molecular formula is C17H17FN2O3. The van der Waals surface area contributed by atoms with Gasteiger partial charge in [0, 0.05) is 12.2 Å². The van der Waals surface area contributed by atoms with Gasteiger partial charge in [0.1, 0.15) is 18.0 Å². The van der Waals surface area contributed by atoms with Crippen LogP contribution in [0.3, 0.4) is 0 Å². The maximum absolute atomic E-state index is 12.8. The van der Waals surface area contributed by atoms with Gasteiger partial charge in [0.2, 0.25) is 11.8 Å². The smallest absolute Gasteiger partial charge is 0.233 e. The molecule has 0 aliphatic rings. The Kier molecular flexibility index (Phi) is 5.68. The third-order valence-electron chi connectivity index (χ3n) is 3.10. The Morgan fingerprint density at radius 2 is 1.65 bits per heavy atom. The zero-order valence-corrected chi connectivity index (χ0v) is 12.6. The average Bonchev–Trinajstić information content (AvgIpc) is 2.55. The van der Waals surface area contributed by atoms with E-state index >= 15 is 0 Å². The molecule has 0 fully saturated rings. The third-order valence-corrected chi connectivity index (χ3v) is 3.10. The third kappa shape index (κ3) is 5.43. The van der Waals surface area contributed by atoms with E-state index in [1.807, 2.05) is 12.1 Å². The van der Waals surface area contributed by atoms with E-state index in [9.17, 15) is 14.0 Å². The molecule has 2 aromatic carbocycles. The fourth-order valence-electron chi connectivity index (χ4n) is 1.89. The zero-order chi connectivity index (χ0) is 16.7. The minimum Gasteiger partial charge on any atom is -0.497 e. The number of ether oxygens (including phenoxy) is 1. The van der Waals surface area contributed by atoms with Crippen molar-refractivity contribution in [1.29, 1.82) is 0 Å². The normalized spacial score (nSPS) is 10.0. The van der Waals surface area contributed by atoms with Crippen molar-refractivity contribution in [3.8, 4) is 5.75 Å². The molecular weight excluding hydrogens is 299 g/mol. The largest absolute Gasteiger partial charge is 0.497 e. The monoisotopic (exact) mass is 316 g/mol. The molecule has 6 heteroatoms. The number of hydrogen-bond acceptors (Lipinski definition) is 3. The number of benzene rings is 2. The highest BCUT2D eigenvalue weighted by Crippen LogP contribution is 2.11. The number of carbonyl (C=O) groups is 2. The van der Waals surface area contributed by atoms with Crippen molar-refractivity contribution in [1.82, 2.24) is 5.32 Å². The Morgan fingerprint density at radius 1 is 1.00 bits per heavy atom. The number of hydrogen-bond donors (Lipinski definition) is 2. The maximum atomic E-state index is 12.8. The SMILES string of the molecule is COc1ccc(CNC(=O)CC(=O)Nc2ccc(F)cc2)cc1. The predicted octanol–water partition coefficient (Wildman–Crippen LogP) is 2.48. The summed E-state index contributed by atoms with van der Waals surface area (Å²) in [7, 11) is 1.58. The molecule has 0 bridgehead atoms. The number of nitrogens with one attached hydrogen (secondary N) is 2. The van der Waals surface area contributed by atoms with E-state index in [0.29, 0.717) is 12.2 Å². The average molecular weight is 316 g/mol. The standard InChI is InChI=1S/C17H17FN2O3/c1-23-15-8-2-12(3-9-15)11-19-16(21)10-17(22)20-14-6-4-13(18)5-7-14/h2-9H,10-11H2,1H3,(H,19,21)(H,20,22). The number of halogens is 1. The quantitative estimate of drug-likeness (QED) is 0.805. The Balaban J connectivity index is 1.77. The van der Waals surface area contributed by atoms with Crippen molar-refractivity contribution >= 4 is 17.5 Å². The summed E-state index contributed by atoms with van der Waals surface area (Å²) in [4.78, 5) is 23.5. The summed E-state index contributed by atoms with van der Waals surface area (Å²) in [5, 5.41) is 5.19. The fourth-order valence-corrected chi connectivity index (χ4v) is 1.89. The molecule has 0 aromatic heterocycles. The second-order valence-electron chi connectivity index (χ2n) is 4.86. The van der Waals surface area contributed by atoms with Crippen molar-refractivity contribution < 1.29 is 18.7 Å². The van der Waals surface area contributed by atoms with Gasteiger partial charge in [-0.1, -0.05) is 12.1 Å². The second kappa shape index (κ2) is 7.93. The van der Waals surface area contributed by atoms with E-state index in [1.165, 1.54) is 24.3 Å². The first-order chi connectivity index (χ1) is 11.1. The Bertz CT molecular complexity index is 669. The molecule has 0 aliphatic heterocycles. The first kappa shape index (κ1) is 16.5. The van der Waals surface area contributed by atoms with Crippen LogP contribution in [0.5, 0.6) is 5.75 Å². The summed E-state index contributed by atoms with van der Waals surface area (Å²) in [6.07, 6.45) is -0.298. The molecule has 0 radical (unpaired) electrons.